The molecule has 6 nitrogen and oxygen atoms in total. The minimum atomic E-state index is 0.556. The fourth-order valence-electron chi connectivity index (χ4n) is 3.51. The van der Waals surface area contributed by atoms with Crippen LogP contribution >= 0.6 is 23.8 Å². The van der Waals surface area contributed by atoms with E-state index in [0.717, 1.165) is 33.3 Å². The van der Waals surface area contributed by atoms with Gasteiger partial charge in [0.1, 0.15) is 10.7 Å². The van der Waals surface area contributed by atoms with Crippen molar-refractivity contribution in [2.45, 2.75) is 6.42 Å². The third-order valence-corrected chi connectivity index (χ3v) is 5.83. The number of thiocarbonyl (C=S) groups is 1. The monoisotopic (exact) mass is 444 g/mol. The molecule has 0 saturated heterocycles. The Kier molecular flexibility index (Phi) is 5.05. The fourth-order valence-corrected chi connectivity index (χ4v) is 4.02. The van der Waals surface area contributed by atoms with Gasteiger partial charge in [-0.25, -0.2) is 14.5 Å². The zero-order valence-corrected chi connectivity index (χ0v) is 18.2. The summed E-state index contributed by atoms with van der Waals surface area (Å²) in [6.07, 6.45) is 6.00. The van der Waals surface area contributed by atoms with Crippen LogP contribution in [0.3, 0.4) is 0 Å². The van der Waals surface area contributed by atoms with E-state index >= 15 is 0 Å². The van der Waals surface area contributed by atoms with E-state index in [2.05, 4.69) is 38.5 Å². The SMILES string of the molecule is CNC(=S)c1ccc(-c2cnc3ncc(Cc4ccc5ncccc5c4)n3n2)cc1Cl. The zero-order chi connectivity index (χ0) is 21.4. The van der Waals surface area contributed by atoms with E-state index in [9.17, 15) is 0 Å². The summed E-state index contributed by atoms with van der Waals surface area (Å²) in [6.45, 7) is 0. The second-order valence-electron chi connectivity index (χ2n) is 7.09. The first kappa shape index (κ1) is 19.5. The average Bonchev–Trinajstić information content (AvgIpc) is 3.20. The number of pyridine rings is 1. The van der Waals surface area contributed by atoms with E-state index in [-0.39, 0.29) is 0 Å². The predicted octanol–water partition coefficient (Wildman–Crippen LogP) is 4.48. The molecule has 31 heavy (non-hydrogen) atoms. The van der Waals surface area contributed by atoms with Crippen molar-refractivity contribution in [3.8, 4) is 11.3 Å². The largest absolute Gasteiger partial charge is 0.379 e. The van der Waals surface area contributed by atoms with Gasteiger partial charge in [-0.3, -0.25) is 4.98 Å². The molecule has 3 heterocycles. The van der Waals surface area contributed by atoms with Gasteiger partial charge in [-0.2, -0.15) is 5.10 Å². The minimum Gasteiger partial charge on any atom is -0.379 e. The molecule has 3 aromatic heterocycles. The summed E-state index contributed by atoms with van der Waals surface area (Å²) in [5.74, 6) is 0.556. The molecular weight excluding hydrogens is 428 g/mol. The minimum absolute atomic E-state index is 0.556. The summed E-state index contributed by atoms with van der Waals surface area (Å²) in [6, 6.07) is 15.9. The van der Waals surface area contributed by atoms with E-state index in [4.69, 9.17) is 28.9 Å². The van der Waals surface area contributed by atoms with Crippen LogP contribution in [0.1, 0.15) is 16.8 Å². The van der Waals surface area contributed by atoms with Crippen LogP contribution in [0, 0.1) is 0 Å². The van der Waals surface area contributed by atoms with Crippen molar-refractivity contribution in [3.05, 3.63) is 89.0 Å². The number of rotatable bonds is 4. The average molecular weight is 445 g/mol. The van der Waals surface area contributed by atoms with E-state index in [1.54, 1.807) is 24.0 Å². The van der Waals surface area contributed by atoms with Crippen LogP contribution in [0.5, 0.6) is 0 Å². The quantitative estimate of drug-likeness (QED) is 0.412. The number of nitrogens with one attached hydrogen (secondary N) is 1. The standard InChI is InChI=1S/C23H17ClN6S/c1-25-22(31)18-6-5-16(11-19(18)24)21-13-28-23-27-12-17(30(23)29-21)10-14-4-7-20-15(9-14)3-2-8-26-20/h2-9,11-13H,10H2,1H3,(H,25,31). The molecule has 0 amide bonds. The molecule has 8 heteroatoms. The second kappa shape index (κ2) is 8.02. The number of aromatic nitrogens is 5. The van der Waals surface area contributed by atoms with E-state index < -0.39 is 0 Å². The van der Waals surface area contributed by atoms with Crippen LogP contribution in [-0.4, -0.2) is 36.6 Å². The third kappa shape index (κ3) is 3.73. The summed E-state index contributed by atoms with van der Waals surface area (Å²) < 4.78 is 1.78. The van der Waals surface area contributed by atoms with Crippen LogP contribution in [-0.2, 0) is 6.42 Å². The Morgan fingerprint density at radius 1 is 1.06 bits per heavy atom. The Morgan fingerprint density at radius 3 is 2.77 bits per heavy atom. The lowest BCUT2D eigenvalue weighted by molar-refractivity contribution is 0.854. The Bertz CT molecular complexity index is 1450. The van der Waals surface area contributed by atoms with Gasteiger partial charge in [-0.15, -0.1) is 0 Å². The first-order chi connectivity index (χ1) is 15.1. The van der Waals surface area contributed by atoms with Crippen LogP contribution in [0.4, 0.5) is 0 Å². The molecule has 0 unspecified atom stereocenters. The highest BCUT2D eigenvalue weighted by Gasteiger charge is 2.12. The first-order valence-corrected chi connectivity index (χ1v) is 10.5. The molecule has 0 aliphatic rings. The topological polar surface area (TPSA) is 68.0 Å². The number of benzene rings is 2. The lowest BCUT2D eigenvalue weighted by Crippen LogP contribution is -2.16. The summed E-state index contributed by atoms with van der Waals surface area (Å²) in [7, 11) is 1.78. The molecule has 1 N–H and O–H groups in total. The van der Waals surface area contributed by atoms with Gasteiger partial charge in [0.25, 0.3) is 5.78 Å². The summed E-state index contributed by atoms with van der Waals surface area (Å²) in [5.41, 5.74) is 5.43. The molecule has 5 aromatic rings. The second-order valence-corrected chi connectivity index (χ2v) is 7.90. The van der Waals surface area contributed by atoms with E-state index in [1.165, 1.54) is 0 Å². The lowest BCUT2D eigenvalue weighted by atomic mass is 10.1. The molecule has 5 rings (SSSR count). The predicted molar refractivity (Wildman–Crippen MR) is 127 cm³/mol. The highest BCUT2D eigenvalue weighted by Crippen LogP contribution is 2.25. The Balaban J connectivity index is 1.51. The number of imidazole rings is 1. The number of fused-ring (bicyclic) bond motifs is 2. The lowest BCUT2D eigenvalue weighted by Gasteiger charge is -2.08. The van der Waals surface area contributed by atoms with Crippen molar-refractivity contribution < 1.29 is 0 Å². The highest BCUT2D eigenvalue weighted by molar-refractivity contribution is 7.80. The molecule has 0 saturated carbocycles. The molecule has 0 spiro atoms. The van der Waals surface area contributed by atoms with Gasteiger partial charge < -0.3 is 5.32 Å². The molecule has 2 aromatic carbocycles. The van der Waals surface area contributed by atoms with Gasteiger partial charge in [0.05, 0.1) is 28.6 Å². The molecule has 0 fully saturated rings. The number of hydrogen-bond donors (Lipinski definition) is 1. The van der Waals surface area contributed by atoms with Gasteiger partial charge in [0.15, 0.2) is 0 Å². The fraction of sp³-hybridized carbons (Fsp3) is 0.0870. The van der Waals surface area contributed by atoms with Gasteiger partial charge in [0.2, 0.25) is 0 Å². The van der Waals surface area contributed by atoms with Crippen molar-refractivity contribution in [2.24, 2.45) is 0 Å². The summed E-state index contributed by atoms with van der Waals surface area (Å²) in [5, 5.41) is 9.39. The first-order valence-electron chi connectivity index (χ1n) is 9.68. The van der Waals surface area contributed by atoms with Crippen molar-refractivity contribution >= 4 is 45.5 Å². The molecule has 152 valence electrons. The van der Waals surface area contributed by atoms with Crippen molar-refractivity contribution in [2.75, 3.05) is 7.05 Å². The van der Waals surface area contributed by atoms with Crippen LogP contribution < -0.4 is 5.32 Å². The van der Waals surface area contributed by atoms with Crippen molar-refractivity contribution in [1.82, 2.24) is 29.9 Å². The Morgan fingerprint density at radius 2 is 1.94 bits per heavy atom. The maximum atomic E-state index is 6.44. The maximum absolute atomic E-state index is 6.44. The highest BCUT2D eigenvalue weighted by atomic mass is 35.5. The van der Waals surface area contributed by atoms with E-state index in [1.807, 2.05) is 36.5 Å². The van der Waals surface area contributed by atoms with Crippen LogP contribution in [0.2, 0.25) is 5.02 Å². The molecule has 0 aliphatic heterocycles. The Hall–Kier alpha value is -3.42. The number of nitrogens with zero attached hydrogens (tertiary/aromatic N) is 5. The maximum Gasteiger partial charge on any atom is 0.250 e. The molecule has 0 bridgehead atoms. The van der Waals surface area contributed by atoms with Gasteiger partial charge in [-0.1, -0.05) is 42.0 Å². The van der Waals surface area contributed by atoms with Crippen LogP contribution in [0.15, 0.2) is 67.1 Å². The number of halogens is 1. The van der Waals surface area contributed by atoms with Crippen molar-refractivity contribution in [3.63, 3.8) is 0 Å². The molecule has 0 radical (unpaired) electrons. The Labute approximate surface area is 188 Å². The van der Waals surface area contributed by atoms with Gasteiger partial charge >= 0.3 is 0 Å². The zero-order valence-electron chi connectivity index (χ0n) is 16.6. The third-order valence-electron chi connectivity index (χ3n) is 5.09. The van der Waals surface area contributed by atoms with Crippen LogP contribution in [0.25, 0.3) is 27.9 Å². The smallest absolute Gasteiger partial charge is 0.250 e. The summed E-state index contributed by atoms with van der Waals surface area (Å²) in [4.78, 5) is 13.9. The van der Waals surface area contributed by atoms with Gasteiger partial charge in [-0.05, 0) is 35.9 Å². The summed E-state index contributed by atoms with van der Waals surface area (Å²) >= 11 is 11.7. The van der Waals surface area contributed by atoms with E-state index in [0.29, 0.717) is 27.9 Å². The van der Waals surface area contributed by atoms with Gasteiger partial charge in [0, 0.05) is 36.2 Å². The molecular formula is C23H17ClN6S. The molecule has 0 atom stereocenters. The van der Waals surface area contributed by atoms with Crippen molar-refractivity contribution in [1.29, 1.82) is 0 Å². The molecule has 0 aliphatic carbocycles. The normalized spacial score (nSPS) is 11.2. The number of hydrogen-bond acceptors (Lipinski definition) is 5.